The van der Waals surface area contributed by atoms with Gasteiger partial charge < -0.3 is 15.1 Å². The van der Waals surface area contributed by atoms with Gasteiger partial charge in [0.2, 0.25) is 5.91 Å². The minimum Gasteiger partial charge on any atom is -0.368 e. The number of nitrogens with zero attached hydrogens (tertiary/aromatic N) is 2. The van der Waals surface area contributed by atoms with Crippen LogP contribution >= 0.6 is 0 Å². The molecule has 1 aliphatic heterocycles. The van der Waals surface area contributed by atoms with E-state index in [-0.39, 0.29) is 5.91 Å². The number of aryl methyl sites for hydroxylation is 2. The molecule has 1 aliphatic rings. The lowest BCUT2D eigenvalue weighted by Crippen LogP contribution is -2.49. The Labute approximate surface area is 163 Å². The molecule has 4 heteroatoms. The van der Waals surface area contributed by atoms with Crippen molar-refractivity contribution in [2.24, 2.45) is 0 Å². The summed E-state index contributed by atoms with van der Waals surface area (Å²) in [6.07, 6.45) is 0.565. The maximum atomic E-state index is 12.5. The first-order valence-corrected chi connectivity index (χ1v) is 9.90. The van der Waals surface area contributed by atoms with E-state index in [2.05, 4.69) is 73.5 Å². The normalized spacial score (nSPS) is 14.5. The fourth-order valence-electron chi connectivity index (χ4n) is 3.68. The summed E-state index contributed by atoms with van der Waals surface area (Å²) in [7, 11) is 0. The number of nitrogens with one attached hydrogen (secondary N) is 1. The molecule has 0 aromatic heterocycles. The molecule has 1 amide bonds. The van der Waals surface area contributed by atoms with Crippen molar-refractivity contribution in [3.05, 3.63) is 64.7 Å². The average Bonchev–Trinajstić information content (AvgIpc) is 2.67. The zero-order valence-corrected chi connectivity index (χ0v) is 16.8. The van der Waals surface area contributed by atoms with E-state index in [1.807, 2.05) is 4.90 Å². The SMILES string of the molecule is Cc1cccc(CNCCC(=O)N2CCN(c3cccc(C)c3C)CC2)c1. The van der Waals surface area contributed by atoms with Crippen molar-refractivity contribution < 1.29 is 4.79 Å². The molecule has 1 N–H and O–H groups in total. The van der Waals surface area contributed by atoms with Gasteiger partial charge in [-0.15, -0.1) is 0 Å². The van der Waals surface area contributed by atoms with Gasteiger partial charge in [0.05, 0.1) is 0 Å². The van der Waals surface area contributed by atoms with Gasteiger partial charge in [-0.1, -0.05) is 42.0 Å². The van der Waals surface area contributed by atoms with Crippen molar-refractivity contribution in [2.45, 2.75) is 33.7 Å². The Morgan fingerprint density at radius 2 is 1.74 bits per heavy atom. The van der Waals surface area contributed by atoms with Crippen molar-refractivity contribution in [1.29, 1.82) is 0 Å². The predicted octanol–water partition coefficient (Wildman–Crippen LogP) is 3.44. The van der Waals surface area contributed by atoms with Crippen LogP contribution in [0.3, 0.4) is 0 Å². The highest BCUT2D eigenvalue weighted by Crippen LogP contribution is 2.23. The first-order valence-electron chi connectivity index (χ1n) is 9.90. The Morgan fingerprint density at radius 1 is 1.00 bits per heavy atom. The van der Waals surface area contributed by atoms with E-state index in [1.54, 1.807) is 0 Å². The molecule has 0 saturated carbocycles. The van der Waals surface area contributed by atoms with Gasteiger partial charge in [-0.2, -0.15) is 0 Å². The summed E-state index contributed by atoms with van der Waals surface area (Å²) in [5.41, 5.74) is 6.52. The molecule has 0 bridgehead atoms. The van der Waals surface area contributed by atoms with Gasteiger partial charge in [0.15, 0.2) is 0 Å². The lowest BCUT2D eigenvalue weighted by molar-refractivity contribution is -0.131. The van der Waals surface area contributed by atoms with Gasteiger partial charge in [0.1, 0.15) is 0 Å². The molecule has 4 nitrogen and oxygen atoms in total. The molecule has 2 aromatic carbocycles. The Kier molecular flexibility index (Phi) is 6.51. The molecule has 1 heterocycles. The third-order valence-corrected chi connectivity index (χ3v) is 5.48. The van der Waals surface area contributed by atoms with Crippen LogP contribution in [0.15, 0.2) is 42.5 Å². The van der Waals surface area contributed by atoms with Crippen LogP contribution in [0.2, 0.25) is 0 Å². The third kappa shape index (κ3) is 5.10. The van der Waals surface area contributed by atoms with E-state index in [4.69, 9.17) is 0 Å². The monoisotopic (exact) mass is 365 g/mol. The predicted molar refractivity (Wildman–Crippen MR) is 112 cm³/mol. The Hall–Kier alpha value is -2.33. The number of piperazine rings is 1. The molecular weight excluding hydrogens is 334 g/mol. The van der Waals surface area contributed by atoms with Crippen LogP contribution < -0.4 is 10.2 Å². The second-order valence-electron chi connectivity index (χ2n) is 7.50. The van der Waals surface area contributed by atoms with E-state index in [0.717, 1.165) is 39.3 Å². The van der Waals surface area contributed by atoms with Crippen molar-refractivity contribution in [1.82, 2.24) is 10.2 Å². The second kappa shape index (κ2) is 9.05. The number of carbonyl (C=O) groups is 1. The second-order valence-corrected chi connectivity index (χ2v) is 7.50. The van der Waals surface area contributed by atoms with Gasteiger partial charge in [-0.25, -0.2) is 0 Å². The van der Waals surface area contributed by atoms with Gasteiger partial charge >= 0.3 is 0 Å². The summed E-state index contributed by atoms with van der Waals surface area (Å²) in [6.45, 7) is 11.4. The molecule has 3 rings (SSSR count). The van der Waals surface area contributed by atoms with Crippen molar-refractivity contribution in [2.75, 3.05) is 37.6 Å². The number of rotatable bonds is 6. The highest BCUT2D eigenvalue weighted by atomic mass is 16.2. The first kappa shape index (κ1) is 19.4. The largest absolute Gasteiger partial charge is 0.368 e. The number of hydrogen-bond donors (Lipinski definition) is 1. The van der Waals surface area contributed by atoms with E-state index >= 15 is 0 Å². The van der Waals surface area contributed by atoms with E-state index in [0.29, 0.717) is 6.42 Å². The smallest absolute Gasteiger partial charge is 0.223 e. The lowest BCUT2D eigenvalue weighted by atomic mass is 10.1. The molecule has 2 aromatic rings. The first-order chi connectivity index (χ1) is 13.0. The highest BCUT2D eigenvalue weighted by molar-refractivity contribution is 5.76. The lowest BCUT2D eigenvalue weighted by Gasteiger charge is -2.37. The summed E-state index contributed by atoms with van der Waals surface area (Å²) < 4.78 is 0. The summed E-state index contributed by atoms with van der Waals surface area (Å²) in [6, 6.07) is 14.9. The van der Waals surface area contributed by atoms with Crippen molar-refractivity contribution >= 4 is 11.6 Å². The average molecular weight is 366 g/mol. The Balaban J connectivity index is 1.41. The fourth-order valence-corrected chi connectivity index (χ4v) is 3.68. The summed E-state index contributed by atoms with van der Waals surface area (Å²) in [5.74, 6) is 0.257. The van der Waals surface area contributed by atoms with E-state index in [9.17, 15) is 4.79 Å². The molecule has 0 aliphatic carbocycles. The molecule has 144 valence electrons. The standard InChI is InChI=1S/C23H31N3O/c1-18-6-4-8-21(16-18)17-24-11-10-23(27)26-14-12-25(13-15-26)22-9-5-7-19(2)20(22)3/h4-9,16,24H,10-15,17H2,1-3H3. The molecular formula is C23H31N3O. The van der Waals surface area contributed by atoms with Crippen LogP contribution in [0, 0.1) is 20.8 Å². The molecule has 1 fully saturated rings. The Morgan fingerprint density at radius 3 is 2.48 bits per heavy atom. The zero-order chi connectivity index (χ0) is 19.2. The molecule has 1 saturated heterocycles. The number of hydrogen-bond acceptors (Lipinski definition) is 3. The minimum absolute atomic E-state index is 0.257. The number of amides is 1. The third-order valence-electron chi connectivity index (χ3n) is 5.48. The summed E-state index contributed by atoms with van der Waals surface area (Å²) >= 11 is 0. The van der Waals surface area contributed by atoms with Gasteiger partial charge in [-0.3, -0.25) is 4.79 Å². The number of benzene rings is 2. The molecule has 0 atom stereocenters. The van der Waals surface area contributed by atoms with Crippen molar-refractivity contribution in [3.8, 4) is 0 Å². The molecule has 0 unspecified atom stereocenters. The number of carbonyl (C=O) groups excluding carboxylic acids is 1. The van der Waals surface area contributed by atoms with Crippen LogP contribution in [0.4, 0.5) is 5.69 Å². The van der Waals surface area contributed by atoms with Crippen LogP contribution in [-0.4, -0.2) is 43.5 Å². The quantitative estimate of drug-likeness (QED) is 0.797. The van der Waals surface area contributed by atoms with Crippen LogP contribution in [-0.2, 0) is 11.3 Å². The Bertz CT molecular complexity index is 779. The van der Waals surface area contributed by atoms with Gasteiger partial charge in [-0.05, 0) is 43.5 Å². The van der Waals surface area contributed by atoms with Gasteiger partial charge in [0.25, 0.3) is 0 Å². The maximum absolute atomic E-state index is 12.5. The fraction of sp³-hybridized carbons (Fsp3) is 0.435. The molecule has 0 spiro atoms. The topological polar surface area (TPSA) is 35.6 Å². The summed E-state index contributed by atoms with van der Waals surface area (Å²) in [4.78, 5) is 16.9. The van der Waals surface area contributed by atoms with E-state index < -0.39 is 0 Å². The minimum atomic E-state index is 0.257. The molecule has 27 heavy (non-hydrogen) atoms. The molecule has 0 radical (unpaired) electrons. The zero-order valence-electron chi connectivity index (χ0n) is 16.8. The van der Waals surface area contributed by atoms with Crippen LogP contribution in [0.5, 0.6) is 0 Å². The van der Waals surface area contributed by atoms with Crippen molar-refractivity contribution in [3.63, 3.8) is 0 Å². The van der Waals surface area contributed by atoms with Crippen LogP contribution in [0.25, 0.3) is 0 Å². The maximum Gasteiger partial charge on any atom is 0.223 e. The van der Waals surface area contributed by atoms with Gasteiger partial charge in [0, 0.05) is 51.4 Å². The number of anilines is 1. The summed E-state index contributed by atoms with van der Waals surface area (Å²) in [5, 5.41) is 3.39. The van der Waals surface area contributed by atoms with E-state index in [1.165, 1.54) is 27.9 Å². The highest BCUT2D eigenvalue weighted by Gasteiger charge is 2.21. The van der Waals surface area contributed by atoms with Crippen LogP contribution in [0.1, 0.15) is 28.7 Å².